The van der Waals surface area contributed by atoms with Crippen molar-refractivity contribution in [2.75, 3.05) is 0 Å². The van der Waals surface area contributed by atoms with Gasteiger partial charge >= 0.3 is 0 Å². The first-order valence-corrected chi connectivity index (χ1v) is 5.07. The van der Waals surface area contributed by atoms with Crippen molar-refractivity contribution in [2.45, 2.75) is 19.4 Å². The lowest BCUT2D eigenvalue weighted by atomic mass is 10.2. The highest BCUT2D eigenvalue weighted by Crippen LogP contribution is 2.10. The normalized spacial score (nSPS) is 11.8. The predicted octanol–water partition coefficient (Wildman–Crippen LogP) is 1.92. The van der Waals surface area contributed by atoms with Gasteiger partial charge in [0.1, 0.15) is 5.69 Å². The zero-order valence-corrected chi connectivity index (χ0v) is 9.39. The van der Waals surface area contributed by atoms with Crippen LogP contribution < -0.4 is 5.32 Å². The van der Waals surface area contributed by atoms with Gasteiger partial charge in [0.05, 0.1) is 6.04 Å². The van der Waals surface area contributed by atoms with Crippen LogP contribution in [0.15, 0.2) is 16.7 Å². The van der Waals surface area contributed by atoms with E-state index in [1.165, 1.54) is 0 Å². The number of amides is 1. The minimum absolute atomic E-state index is 0.180. The van der Waals surface area contributed by atoms with Gasteiger partial charge in [-0.2, -0.15) is 0 Å². The third kappa shape index (κ3) is 2.64. The van der Waals surface area contributed by atoms with Crippen molar-refractivity contribution in [1.29, 1.82) is 0 Å². The Hall–Kier alpha value is -1.21. The van der Waals surface area contributed by atoms with Gasteiger partial charge in [0.25, 0.3) is 5.91 Å². The summed E-state index contributed by atoms with van der Waals surface area (Å²) in [7, 11) is 0. The van der Waals surface area contributed by atoms with Gasteiger partial charge in [0.2, 0.25) is 0 Å². The summed E-state index contributed by atoms with van der Waals surface area (Å²) in [5, 5.41) is 2.72. The van der Waals surface area contributed by atoms with Crippen LogP contribution in [0.25, 0.3) is 0 Å². The summed E-state index contributed by atoms with van der Waals surface area (Å²) >= 11 is 3.25. The van der Waals surface area contributed by atoms with E-state index in [-0.39, 0.29) is 11.9 Å². The number of terminal acetylenes is 1. The molecular weight excluding hydrogens is 244 g/mol. The smallest absolute Gasteiger partial charge is 0.268 e. The van der Waals surface area contributed by atoms with Crippen molar-refractivity contribution in [3.05, 3.63) is 22.4 Å². The predicted molar refractivity (Wildman–Crippen MR) is 58.9 cm³/mol. The summed E-state index contributed by atoms with van der Waals surface area (Å²) in [6.07, 6.45) is 7.66. The molecule has 3 nitrogen and oxygen atoms in total. The molecule has 1 atom stereocenters. The Morgan fingerprint density at radius 2 is 2.57 bits per heavy atom. The highest BCUT2D eigenvalue weighted by molar-refractivity contribution is 9.10. The van der Waals surface area contributed by atoms with E-state index in [2.05, 4.69) is 32.2 Å². The molecule has 1 aromatic rings. The number of carbonyl (C=O) groups is 1. The van der Waals surface area contributed by atoms with E-state index in [1.54, 1.807) is 12.3 Å². The van der Waals surface area contributed by atoms with Gasteiger partial charge in [-0.05, 0) is 28.4 Å². The van der Waals surface area contributed by atoms with Gasteiger partial charge in [0.15, 0.2) is 0 Å². The molecule has 0 spiro atoms. The number of nitrogens with one attached hydrogen (secondary N) is 2. The summed E-state index contributed by atoms with van der Waals surface area (Å²) in [4.78, 5) is 14.4. The molecule has 1 heterocycles. The van der Waals surface area contributed by atoms with Crippen molar-refractivity contribution in [3.8, 4) is 12.3 Å². The van der Waals surface area contributed by atoms with Crippen LogP contribution >= 0.6 is 15.9 Å². The molecule has 0 bridgehead atoms. The van der Waals surface area contributed by atoms with Crippen LogP contribution in [-0.2, 0) is 0 Å². The Bertz CT molecular complexity index is 364. The largest absolute Gasteiger partial charge is 0.356 e. The van der Waals surface area contributed by atoms with Gasteiger partial charge in [-0.25, -0.2) is 0 Å². The molecule has 0 aromatic carbocycles. The van der Waals surface area contributed by atoms with Crippen LogP contribution in [0.1, 0.15) is 23.8 Å². The van der Waals surface area contributed by atoms with Crippen molar-refractivity contribution < 1.29 is 4.79 Å². The summed E-state index contributed by atoms with van der Waals surface area (Å²) in [5.41, 5.74) is 0.505. The van der Waals surface area contributed by atoms with E-state index >= 15 is 0 Å². The van der Waals surface area contributed by atoms with E-state index in [0.29, 0.717) is 5.69 Å². The number of carbonyl (C=O) groups excluding carboxylic acids is 1. The molecule has 4 heteroatoms. The molecule has 2 N–H and O–H groups in total. The average Bonchev–Trinajstić information content (AvgIpc) is 2.61. The van der Waals surface area contributed by atoms with E-state index in [0.717, 1.165) is 10.9 Å². The number of hydrogen-bond donors (Lipinski definition) is 2. The Morgan fingerprint density at radius 3 is 3.00 bits per heavy atom. The lowest BCUT2D eigenvalue weighted by Gasteiger charge is -2.08. The number of H-pyrrole nitrogens is 1. The topological polar surface area (TPSA) is 44.9 Å². The fourth-order valence-electron chi connectivity index (χ4n) is 0.997. The monoisotopic (exact) mass is 254 g/mol. The average molecular weight is 255 g/mol. The van der Waals surface area contributed by atoms with E-state index in [1.807, 2.05) is 6.92 Å². The van der Waals surface area contributed by atoms with Crippen LogP contribution in [0.2, 0.25) is 0 Å². The fraction of sp³-hybridized carbons (Fsp3) is 0.300. The lowest BCUT2D eigenvalue weighted by Crippen LogP contribution is -2.33. The third-order valence-corrected chi connectivity index (χ3v) is 2.27. The minimum atomic E-state index is -0.204. The molecule has 0 aliphatic carbocycles. The summed E-state index contributed by atoms with van der Waals surface area (Å²) in [6.45, 7) is 1.93. The van der Waals surface area contributed by atoms with E-state index < -0.39 is 0 Å². The van der Waals surface area contributed by atoms with E-state index in [9.17, 15) is 4.79 Å². The summed E-state index contributed by atoms with van der Waals surface area (Å²) in [6, 6.07) is 1.50. The second kappa shape index (κ2) is 4.87. The molecule has 1 unspecified atom stereocenters. The van der Waals surface area contributed by atoms with Gasteiger partial charge in [-0.15, -0.1) is 6.42 Å². The maximum Gasteiger partial charge on any atom is 0.268 e. The number of aromatic nitrogens is 1. The number of hydrogen-bond acceptors (Lipinski definition) is 1. The van der Waals surface area contributed by atoms with Crippen molar-refractivity contribution in [1.82, 2.24) is 10.3 Å². The summed E-state index contributed by atoms with van der Waals surface area (Å²) in [5.74, 6) is 2.32. The van der Waals surface area contributed by atoms with Crippen LogP contribution in [0, 0.1) is 12.3 Å². The van der Waals surface area contributed by atoms with Gasteiger partial charge in [0, 0.05) is 10.7 Å². The zero-order valence-electron chi connectivity index (χ0n) is 7.80. The zero-order chi connectivity index (χ0) is 10.6. The van der Waals surface area contributed by atoms with Crippen LogP contribution in [0.5, 0.6) is 0 Å². The van der Waals surface area contributed by atoms with Crippen LogP contribution in [0.3, 0.4) is 0 Å². The maximum atomic E-state index is 11.5. The van der Waals surface area contributed by atoms with Gasteiger partial charge in [-0.1, -0.05) is 12.8 Å². The molecule has 14 heavy (non-hydrogen) atoms. The van der Waals surface area contributed by atoms with Crippen molar-refractivity contribution >= 4 is 21.8 Å². The number of halogens is 1. The molecule has 74 valence electrons. The Labute approximate surface area is 91.4 Å². The molecule has 0 saturated heterocycles. The molecule has 0 saturated carbocycles. The lowest BCUT2D eigenvalue weighted by molar-refractivity contribution is 0.0940. The van der Waals surface area contributed by atoms with Crippen LogP contribution in [-0.4, -0.2) is 16.9 Å². The first-order valence-electron chi connectivity index (χ1n) is 4.28. The molecular formula is C10H11BrN2O. The summed E-state index contributed by atoms with van der Waals surface area (Å²) < 4.78 is 0.844. The SMILES string of the molecule is C#CC(CC)NC(=O)c1cc(Br)c[nH]1. The van der Waals surface area contributed by atoms with Crippen molar-refractivity contribution in [3.63, 3.8) is 0 Å². The van der Waals surface area contributed by atoms with Crippen LogP contribution in [0.4, 0.5) is 0 Å². The minimum Gasteiger partial charge on any atom is -0.356 e. The molecule has 0 aliphatic rings. The van der Waals surface area contributed by atoms with Gasteiger partial charge < -0.3 is 10.3 Å². The Kier molecular flexibility index (Phi) is 3.78. The third-order valence-electron chi connectivity index (χ3n) is 1.81. The van der Waals surface area contributed by atoms with Gasteiger partial charge in [-0.3, -0.25) is 4.79 Å². The Morgan fingerprint density at radius 1 is 1.86 bits per heavy atom. The Balaban J connectivity index is 2.64. The molecule has 0 radical (unpaired) electrons. The van der Waals surface area contributed by atoms with E-state index in [4.69, 9.17) is 6.42 Å². The molecule has 1 rings (SSSR count). The fourth-order valence-corrected chi connectivity index (χ4v) is 1.34. The second-order valence-electron chi connectivity index (χ2n) is 2.83. The molecule has 0 aliphatic heterocycles. The van der Waals surface area contributed by atoms with Crippen molar-refractivity contribution in [2.24, 2.45) is 0 Å². The number of aromatic amines is 1. The number of rotatable bonds is 3. The standard InChI is InChI=1S/C10H11BrN2O/c1-3-8(4-2)13-10(14)9-5-7(11)6-12-9/h1,5-6,8,12H,4H2,2H3,(H,13,14). The quantitative estimate of drug-likeness (QED) is 0.796. The molecule has 1 aromatic heterocycles. The second-order valence-corrected chi connectivity index (χ2v) is 3.75. The first-order chi connectivity index (χ1) is 6.67. The highest BCUT2D eigenvalue weighted by Gasteiger charge is 2.10. The molecule has 1 amide bonds. The molecule has 0 fully saturated rings. The highest BCUT2D eigenvalue weighted by atomic mass is 79.9. The maximum absolute atomic E-state index is 11.5. The first kappa shape index (κ1) is 10.9.